The summed E-state index contributed by atoms with van der Waals surface area (Å²) in [6.07, 6.45) is 3.58. The van der Waals surface area contributed by atoms with Crippen LogP contribution in [-0.4, -0.2) is 21.3 Å². The summed E-state index contributed by atoms with van der Waals surface area (Å²) < 4.78 is 15.9. The fraction of sp³-hybridized carbons (Fsp3) is 0.429. The molecule has 0 saturated heterocycles. The maximum absolute atomic E-state index is 5.60. The third kappa shape index (κ3) is 3.62. The van der Waals surface area contributed by atoms with Crippen molar-refractivity contribution in [3.8, 4) is 17.2 Å². The van der Waals surface area contributed by atoms with E-state index in [0.29, 0.717) is 17.2 Å². The van der Waals surface area contributed by atoms with Gasteiger partial charge in [0.05, 0.1) is 21.3 Å². The van der Waals surface area contributed by atoms with Crippen molar-refractivity contribution in [3.05, 3.63) is 30.4 Å². The monoisotopic (exact) mass is 266 g/mol. The Morgan fingerprint density at radius 1 is 1.21 bits per heavy atom. The molecule has 0 heterocycles. The number of nitrogens with one attached hydrogen (secondary N) is 1. The average molecular weight is 266 g/mol. The molecule has 5 nitrogen and oxygen atoms in total. The van der Waals surface area contributed by atoms with Gasteiger partial charge in [0, 0.05) is 6.04 Å². The molecule has 0 aromatic heterocycles. The summed E-state index contributed by atoms with van der Waals surface area (Å²) in [5, 5.41) is 0. The third-order valence-corrected chi connectivity index (χ3v) is 2.95. The van der Waals surface area contributed by atoms with Crippen LogP contribution in [0.15, 0.2) is 24.8 Å². The summed E-state index contributed by atoms with van der Waals surface area (Å²) in [5.74, 6) is 7.42. The second kappa shape index (κ2) is 7.66. The molecule has 3 N–H and O–H groups in total. The van der Waals surface area contributed by atoms with E-state index < -0.39 is 0 Å². The van der Waals surface area contributed by atoms with E-state index in [0.717, 1.165) is 18.4 Å². The molecule has 0 aliphatic rings. The number of ether oxygens (including phenoxy) is 3. The zero-order chi connectivity index (χ0) is 14.3. The Morgan fingerprint density at radius 2 is 1.79 bits per heavy atom. The lowest BCUT2D eigenvalue weighted by Crippen LogP contribution is -2.28. The molecule has 0 saturated carbocycles. The fourth-order valence-corrected chi connectivity index (χ4v) is 1.93. The first-order valence-electron chi connectivity index (χ1n) is 6.08. The summed E-state index contributed by atoms with van der Waals surface area (Å²) in [6, 6.07) is 3.80. The van der Waals surface area contributed by atoms with Crippen molar-refractivity contribution in [1.82, 2.24) is 5.43 Å². The third-order valence-electron chi connectivity index (χ3n) is 2.95. The molecular weight excluding hydrogens is 244 g/mol. The van der Waals surface area contributed by atoms with E-state index in [-0.39, 0.29) is 6.04 Å². The van der Waals surface area contributed by atoms with Crippen molar-refractivity contribution >= 4 is 0 Å². The highest BCUT2D eigenvalue weighted by Gasteiger charge is 2.17. The molecule has 1 rings (SSSR count). The molecule has 5 heteroatoms. The summed E-state index contributed by atoms with van der Waals surface area (Å²) in [6.45, 7) is 3.72. The second-order valence-electron chi connectivity index (χ2n) is 4.04. The quantitative estimate of drug-likeness (QED) is 0.429. The minimum Gasteiger partial charge on any atom is -0.493 e. The van der Waals surface area contributed by atoms with Gasteiger partial charge in [0.2, 0.25) is 5.75 Å². The summed E-state index contributed by atoms with van der Waals surface area (Å²) >= 11 is 0. The van der Waals surface area contributed by atoms with Crippen molar-refractivity contribution in [3.63, 3.8) is 0 Å². The van der Waals surface area contributed by atoms with Crippen molar-refractivity contribution in [2.45, 2.75) is 18.9 Å². The predicted octanol–water partition coefficient (Wildman–Crippen LogP) is 2.18. The Hall–Kier alpha value is -1.72. The number of methoxy groups -OCH3 is 3. The van der Waals surface area contributed by atoms with Gasteiger partial charge in [-0.2, -0.15) is 0 Å². The lowest BCUT2D eigenvalue weighted by atomic mass is 10.0. The van der Waals surface area contributed by atoms with Gasteiger partial charge in [-0.15, -0.1) is 6.58 Å². The lowest BCUT2D eigenvalue weighted by Gasteiger charge is -2.19. The van der Waals surface area contributed by atoms with Gasteiger partial charge in [-0.25, -0.2) is 0 Å². The van der Waals surface area contributed by atoms with Crippen molar-refractivity contribution in [1.29, 1.82) is 0 Å². The highest BCUT2D eigenvalue weighted by atomic mass is 16.5. The minimum absolute atomic E-state index is 0.00621. The molecule has 19 heavy (non-hydrogen) atoms. The Morgan fingerprint density at radius 3 is 2.16 bits per heavy atom. The van der Waals surface area contributed by atoms with E-state index in [1.807, 2.05) is 18.2 Å². The normalized spacial score (nSPS) is 11.8. The van der Waals surface area contributed by atoms with E-state index in [4.69, 9.17) is 20.1 Å². The Labute approximate surface area is 114 Å². The van der Waals surface area contributed by atoms with E-state index in [1.165, 1.54) is 0 Å². The standard InChI is InChI=1S/C14H22N2O3/c1-5-6-7-11(16-15)10-8-12(17-2)14(19-4)13(9-10)18-3/h5,8-9,11,16H,1,6-7,15H2,2-4H3. The number of rotatable bonds is 8. The molecule has 0 bridgehead atoms. The van der Waals surface area contributed by atoms with Crippen molar-refractivity contribution in [2.75, 3.05) is 21.3 Å². The number of benzene rings is 1. The summed E-state index contributed by atoms with van der Waals surface area (Å²) in [5.41, 5.74) is 3.78. The number of hydrogen-bond acceptors (Lipinski definition) is 5. The van der Waals surface area contributed by atoms with Crippen LogP contribution in [0.4, 0.5) is 0 Å². The molecule has 1 aromatic carbocycles. The number of nitrogens with two attached hydrogens (primary N) is 1. The first-order chi connectivity index (χ1) is 9.21. The van der Waals surface area contributed by atoms with Gasteiger partial charge >= 0.3 is 0 Å². The smallest absolute Gasteiger partial charge is 0.203 e. The van der Waals surface area contributed by atoms with Gasteiger partial charge in [-0.1, -0.05) is 6.08 Å². The average Bonchev–Trinajstić information content (AvgIpc) is 2.46. The van der Waals surface area contributed by atoms with Crippen LogP contribution in [0.1, 0.15) is 24.4 Å². The number of hydrazine groups is 1. The first-order valence-corrected chi connectivity index (χ1v) is 6.08. The molecule has 0 aliphatic heterocycles. The molecule has 1 aromatic rings. The van der Waals surface area contributed by atoms with Gasteiger partial charge in [-0.3, -0.25) is 11.3 Å². The lowest BCUT2D eigenvalue weighted by molar-refractivity contribution is 0.322. The highest BCUT2D eigenvalue weighted by Crippen LogP contribution is 2.40. The number of hydrogen-bond donors (Lipinski definition) is 2. The van der Waals surface area contributed by atoms with Crippen LogP contribution in [-0.2, 0) is 0 Å². The molecule has 1 unspecified atom stereocenters. The SMILES string of the molecule is C=CCCC(NN)c1cc(OC)c(OC)c(OC)c1. The van der Waals surface area contributed by atoms with Crippen LogP contribution < -0.4 is 25.5 Å². The summed E-state index contributed by atoms with van der Waals surface area (Å²) in [4.78, 5) is 0. The molecule has 1 atom stereocenters. The van der Waals surface area contributed by atoms with Crippen molar-refractivity contribution < 1.29 is 14.2 Å². The second-order valence-corrected chi connectivity index (χ2v) is 4.04. The molecule has 106 valence electrons. The van der Waals surface area contributed by atoms with Crippen LogP contribution in [0.3, 0.4) is 0 Å². The van der Waals surface area contributed by atoms with Crippen LogP contribution in [0.25, 0.3) is 0 Å². The Balaban J connectivity index is 3.16. The largest absolute Gasteiger partial charge is 0.493 e. The molecule has 0 fully saturated rings. The van der Waals surface area contributed by atoms with Gasteiger partial charge in [0.15, 0.2) is 11.5 Å². The zero-order valence-corrected chi connectivity index (χ0v) is 11.7. The predicted molar refractivity (Wildman–Crippen MR) is 75.6 cm³/mol. The Bertz CT molecular complexity index is 396. The molecule has 0 aliphatic carbocycles. The zero-order valence-electron chi connectivity index (χ0n) is 11.7. The van der Waals surface area contributed by atoms with Gasteiger partial charge in [-0.05, 0) is 30.5 Å². The van der Waals surface area contributed by atoms with E-state index in [9.17, 15) is 0 Å². The van der Waals surface area contributed by atoms with Crippen LogP contribution in [0.5, 0.6) is 17.2 Å². The maximum Gasteiger partial charge on any atom is 0.203 e. The molecule has 0 amide bonds. The first kappa shape index (κ1) is 15.3. The number of allylic oxidation sites excluding steroid dienone is 1. The van der Waals surface area contributed by atoms with E-state index >= 15 is 0 Å². The van der Waals surface area contributed by atoms with Crippen LogP contribution >= 0.6 is 0 Å². The van der Waals surface area contributed by atoms with Gasteiger partial charge in [0.25, 0.3) is 0 Å². The summed E-state index contributed by atoms with van der Waals surface area (Å²) in [7, 11) is 4.77. The molecule has 0 spiro atoms. The van der Waals surface area contributed by atoms with Crippen LogP contribution in [0.2, 0.25) is 0 Å². The van der Waals surface area contributed by atoms with E-state index in [2.05, 4.69) is 12.0 Å². The molecule has 0 radical (unpaired) electrons. The van der Waals surface area contributed by atoms with Crippen LogP contribution in [0, 0.1) is 0 Å². The highest BCUT2D eigenvalue weighted by molar-refractivity contribution is 5.54. The maximum atomic E-state index is 5.60. The topological polar surface area (TPSA) is 65.7 Å². The minimum atomic E-state index is 0.00621. The fourth-order valence-electron chi connectivity index (χ4n) is 1.93. The van der Waals surface area contributed by atoms with E-state index in [1.54, 1.807) is 21.3 Å². The van der Waals surface area contributed by atoms with Gasteiger partial charge < -0.3 is 14.2 Å². The molecular formula is C14H22N2O3. The van der Waals surface area contributed by atoms with Gasteiger partial charge in [0.1, 0.15) is 0 Å². The van der Waals surface area contributed by atoms with Crippen molar-refractivity contribution in [2.24, 2.45) is 5.84 Å². The Kier molecular flexibility index (Phi) is 6.18.